The largest absolute Gasteiger partial charge is 0.506 e. The van der Waals surface area contributed by atoms with Gasteiger partial charge in [-0.2, -0.15) is 0 Å². The van der Waals surface area contributed by atoms with Gasteiger partial charge in [0, 0.05) is 17.1 Å². The Hall–Kier alpha value is -1.42. The number of aromatic hydroxyl groups is 1. The summed E-state index contributed by atoms with van der Waals surface area (Å²) in [5.41, 5.74) is 4.56. The normalized spacial score (nSPS) is 29.0. The number of phenolic OH excluding ortho intramolecular Hbond substituents is 1. The molecule has 0 aromatic heterocycles. The maximum Gasteiger partial charge on any atom is 0.139 e. The number of hydrogen-bond acceptors (Lipinski definition) is 3. The summed E-state index contributed by atoms with van der Waals surface area (Å²) in [6.45, 7) is 1.09. The lowest BCUT2D eigenvalue weighted by Crippen LogP contribution is -2.59. The number of piperidine rings is 1. The zero-order valence-corrected chi connectivity index (χ0v) is 16.7. The molecule has 2 aromatic rings. The lowest BCUT2D eigenvalue weighted by atomic mass is 9.53. The van der Waals surface area contributed by atoms with Gasteiger partial charge in [0.1, 0.15) is 5.75 Å². The van der Waals surface area contributed by atoms with Crippen molar-refractivity contribution in [3.8, 4) is 5.75 Å². The average Bonchev–Trinajstić information content (AvgIpc) is 2.66. The Morgan fingerprint density at radius 2 is 1.96 bits per heavy atom. The Morgan fingerprint density at radius 3 is 2.81 bits per heavy atom. The van der Waals surface area contributed by atoms with E-state index in [1.807, 2.05) is 12.1 Å². The molecule has 0 amide bonds. The number of halogens is 2. The fourth-order valence-corrected chi connectivity index (χ4v) is 6.10. The maximum atomic E-state index is 10.8. The first-order chi connectivity index (χ1) is 13.1. The van der Waals surface area contributed by atoms with E-state index in [4.69, 9.17) is 23.2 Å². The lowest BCUT2D eigenvalue weighted by molar-refractivity contribution is 0.0796. The van der Waals surface area contributed by atoms with E-state index in [1.54, 1.807) is 12.1 Å². The van der Waals surface area contributed by atoms with Crippen LogP contribution in [-0.2, 0) is 11.8 Å². The van der Waals surface area contributed by atoms with Crippen LogP contribution in [0.15, 0.2) is 30.3 Å². The highest BCUT2D eigenvalue weighted by atomic mass is 35.5. The molecule has 1 saturated carbocycles. The Labute approximate surface area is 170 Å². The molecule has 142 valence electrons. The van der Waals surface area contributed by atoms with Crippen LogP contribution in [0, 0.1) is 5.92 Å². The first-order valence-electron chi connectivity index (χ1n) is 9.89. The zero-order chi connectivity index (χ0) is 18.6. The second kappa shape index (κ2) is 6.58. The second-order valence-electron chi connectivity index (χ2n) is 8.30. The molecule has 1 aliphatic heterocycles. The fraction of sp³-hybridized carbons (Fsp3) is 0.455. The number of phenols is 1. The highest BCUT2D eigenvalue weighted by Crippen LogP contribution is 2.55. The summed E-state index contributed by atoms with van der Waals surface area (Å²) < 4.78 is 0. The van der Waals surface area contributed by atoms with Gasteiger partial charge in [-0.15, -0.1) is 0 Å². The molecule has 3 aliphatic rings. The van der Waals surface area contributed by atoms with Crippen LogP contribution in [-0.4, -0.2) is 17.7 Å². The van der Waals surface area contributed by atoms with Crippen molar-refractivity contribution in [3.05, 3.63) is 51.5 Å². The van der Waals surface area contributed by atoms with Crippen LogP contribution in [0.5, 0.6) is 5.75 Å². The van der Waals surface area contributed by atoms with E-state index in [0.717, 1.165) is 24.3 Å². The quantitative estimate of drug-likeness (QED) is 0.557. The molecule has 5 heteroatoms. The molecule has 0 unspecified atom stereocenters. The third-order valence-electron chi connectivity index (χ3n) is 6.96. The minimum absolute atomic E-state index is 0.251. The van der Waals surface area contributed by atoms with Gasteiger partial charge < -0.3 is 15.7 Å². The molecule has 5 rings (SSSR count). The molecule has 2 bridgehead atoms. The van der Waals surface area contributed by atoms with Crippen LogP contribution >= 0.6 is 23.2 Å². The predicted molar refractivity (Wildman–Crippen MR) is 112 cm³/mol. The molecule has 3 N–H and O–H groups in total. The first kappa shape index (κ1) is 17.7. The number of rotatable bonds is 2. The van der Waals surface area contributed by atoms with Crippen molar-refractivity contribution >= 4 is 34.6 Å². The summed E-state index contributed by atoms with van der Waals surface area (Å²) in [5.74, 6) is 1.02. The van der Waals surface area contributed by atoms with E-state index >= 15 is 0 Å². The summed E-state index contributed by atoms with van der Waals surface area (Å²) in [6.07, 6.45) is 7.41. The summed E-state index contributed by atoms with van der Waals surface area (Å²) in [4.78, 5) is 0. The number of hydrogen-bond donors (Lipinski definition) is 3. The monoisotopic (exact) mass is 402 g/mol. The van der Waals surface area contributed by atoms with Gasteiger partial charge in [0.2, 0.25) is 0 Å². The van der Waals surface area contributed by atoms with Crippen molar-refractivity contribution < 1.29 is 5.11 Å². The van der Waals surface area contributed by atoms with Gasteiger partial charge >= 0.3 is 0 Å². The molecular weight excluding hydrogens is 379 g/mol. The Morgan fingerprint density at radius 1 is 1.07 bits per heavy atom. The molecule has 2 fully saturated rings. The number of nitrogens with one attached hydrogen (secondary N) is 2. The molecule has 3 atom stereocenters. The standard InChI is InChI=1S/C22H24Cl2N2O/c23-17-5-4-14(11-18(17)24)26-20-10-13-9-19-15-3-1-2-6-22(15,7-8-25-19)16(13)12-21(20)27/h4-5,10-12,15,19,25-27H,1-3,6-9H2/t15-,19+,22+/m1/s1. The van der Waals surface area contributed by atoms with Crippen molar-refractivity contribution in [2.45, 2.75) is 50.0 Å². The lowest BCUT2D eigenvalue weighted by Gasteiger charge is -2.56. The molecule has 0 spiro atoms. The van der Waals surface area contributed by atoms with E-state index in [9.17, 15) is 5.11 Å². The Balaban J connectivity index is 1.54. The highest BCUT2D eigenvalue weighted by Gasteiger charge is 2.51. The van der Waals surface area contributed by atoms with E-state index in [-0.39, 0.29) is 5.41 Å². The Kier molecular flexibility index (Phi) is 4.30. The van der Waals surface area contributed by atoms with Gasteiger partial charge in [-0.05, 0) is 79.6 Å². The van der Waals surface area contributed by atoms with Crippen LogP contribution in [0.2, 0.25) is 10.0 Å². The van der Waals surface area contributed by atoms with Gasteiger partial charge in [-0.3, -0.25) is 0 Å². The molecule has 1 saturated heterocycles. The molecule has 2 aromatic carbocycles. The van der Waals surface area contributed by atoms with Crippen molar-refractivity contribution in [1.82, 2.24) is 5.32 Å². The molecule has 3 nitrogen and oxygen atoms in total. The number of benzene rings is 2. The van der Waals surface area contributed by atoms with E-state index in [0.29, 0.717) is 27.8 Å². The predicted octanol–water partition coefficient (Wildman–Crippen LogP) is 5.79. The van der Waals surface area contributed by atoms with Gasteiger partial charge in [0.15, 0.2) is 0 Å². The van der Waals surface area contributed by atoms with Gasteiger partial charge in [0.25, 0.3) is 0 Å². The highest BCUT2D eigenvalue weighted by molar-refractivity contribution is 6.42. The van der Waals surface area contributed by atoms with Gasteiger partial charge in [-0.25, -0.2) is 0 Å². The minimum Gasteiger partial charge on any atom is -0.506 e. The van der Waals surface area contributed by atoms with Crippen LogP contribution in [0.4, 0.5) is 11.4 Å². The molecule has 27 heavy (non-hydrogen) atoms. The molecule has 0 radical (unpaired) electrons. The van der Waals surface area contributed by atoms with Crippen molar-refractivity contribution in [1.29, 1.82) is 0 Å². The summed E-state index contributed by atoms with van der Waals surface area (Å²) in [7, 11) is 0. The molecule has 2 aliphatic carbocycles. The van der Waals surface area contributed by atoms with E-state index < -0.39 is 0 Å². The molecule has 1 heterocycles. The van der Waals surface area contributed by atoms with Crippen molar-refractivity contribution in [2.24, 2.45) is 5.92 Å². The summed E-state index contributed by atoms with van der Waals surface area (Å²) >= 11 is 12.1. The number of anilines is 2. The van der Waals surface area contributed by atoms with E-state index in [2.05, 4.69) is 16.7 Å². The fourth-order valence-electron chi connectivity index (χ4n) is 5.80. The van der Waals surface area contributed by atoms with E-state index in [1.165, 1.54) is 43.2 Å². The average molecular weight is 403 g/mol. The number of fused-ring (bicyclic) bond motifs is 1. The zero-order valence-electron chi connectivity index (χ0n) is 15.2. The van der Waals surface area contributed by atoms with Crippen molar-refractivity contribution in [3.63, 3.8) is 0 Å². The second-order valence-corrected chi connectivity index (χ2v) is 9.12. The smallest absolute Gasteiger partial charge is 0.139 e. The van der Waals surface area contributed by atoms with Crippen LogP contribution in [0.1, 0.15) is 43.2 Å². The Bertz CT molecular complexity index is 896. The SMILES string of the molecule is Oc1cc2c(cc1Nc1ccc(Cl)c(Cl)c1)C[C@@H]1NCC[C@]23CCCC[C@H]13. The van der Waals surface area contributed by atoms with Crippen LogP contribution in [0.25, 0.3) is 0 Å². The van der Waals surface area contributed by atoms with Crippen LogP contribution in [0.3, 0.4) is 0 Å². The molecular formula is C22H24Cl2N2O. The summed E-state index contributed by atoms with van der Waals surface area (Å²) in [6, 6.07) is 10.2. The van der Waals surface area contributed by atoms with Gasteiger partial charge in [-0.1, -0.05) is 36.0 Å². The maximum absolute atomic E-state index is 10.8. The first-order valence-corrected chi connectivity index (χ1v) is 10.6. The topological polar surface area (TPSA) is 44.3 Å². The minimum atomic E-state index is 0.251. The third kappa shape index (κ3) is 2.83. The van der Waals surface area contributed by atoms with Crippen LogP contribution < -0.4 is 10.6 Å². The van der Waals surface area contributed by atoms with Crippen molar-refractivity contribution in [2.75, 3.05) is 11.9 Å². The third-order valence-corrected chi connectivity index (χ3v) is 7.70. The van der Waals surface area contributed by atoms with Gasteiger partial charge in [0.05, 0.1) is 15.7 Å². The summed E-state index contributed by atoms with van der Waals surface area (Å²) in [5, 5.41) is 18.9.